The molecule has 3 aromatic rings. The zero-order valence-corrected chi connectivity index (χ0v) is 20.1. The zero-order chi connectivity index (χ0) is 21.8. The Morgan fingerprint density at radius 3 is 2.62 bits per heavy atom. The number of hydrogen-bond acceptors (Lipinski definition) is 7. The van der Waals surface area contributed by atoms with Gasteiger partial charge in [-0.3, -0.25) is 9.69 Å². The number of carbonyl (C=O) groups excluding carboxylic acids is 1. The first-order chi connectivity index (χ1) is 15.0. The third-order valence-electron chi connectivity index (χ3n) is 4.91. The van der Waals surface area contributed by atoms with Crippen molar-refractivity contribution < 1.29 is 19.0 Å². The van der Waals surface area contributed by atoms with Crippen LogP contribution < -0.4 is 19.1 Å². The van der Waals surface area contributed by atoms with Gasteiger partial charge in [-0.2, -0.15) is 0 Å². The summed E-state index contributed by atoms with van der Waals surface area (Å²) in [6, 6.07) is 11.2. The van der Waals surface area contributed by atoms with E-state index in [2.05, 4.69) is 4.90 Å². The Balaban J connectivity index is 0.00000289. The molecule has 0 spiro atoms. The molecular weight excluding hydrogens is 450 g/mol. The first-order valence-electron chi connectivity index (χ1n) is 10.4. The van der Waals surface area contributed by atoms with Crippen molar-refractivity contribution in [2.24, 2.45) is 0 Å². The van der Waals surface area contributed by atoms with Crippen LogP contribution in [0.25, 0.3) is 10.2 Å². The van der Waals surface area contributed by atoms with Crippen molar-refractivity contribution >= 4 is 45.0 Å². The monoisotopic (exact) mass is 477 g/mol. The first kappa shape index (κ1) is 24.1. The molecule has 2 heterocycles. The summed E-state index contributed by atoms with van der Waals surface area (Å²) in [5.41, 5.74) is 1.42. The highest BCUT2D eigenvalue weighted by atomic mass is 35.5. The van der Waals surface area contributed by atoms with Crippen LogP contribution in [-0.4, -0.2) is 62.8 Å². The molecule has 1 amide bonds. The Labute approximate surface area is 198 Å². The number of nitrogens with zero attached hydrogens (tertiary/aromatic N) is 3. The molecule has 0 atom stereocenters. The summed E-state index contributed by atoms with van der Waals surface area (Å²) >= 11 is 1.50. The van der Waals surface area contributed by atoms with Gasteiger partial charge >= 0.3 is 0 Å². The number of thiazole rings is 1. The van der Waals surface area contributed by atoms with Gasteiger partial charge in [-0.15, -0.1) is 12.4 Å². The SMILES string of the molecule is CCOc1ccc2nc(N(CCCN(C)C)C(=O)c3ccc4c(c3)OCCO4)sc2c1.Cl. The van der Waals surface area contributed by atoms with E-state index >= 15 is 0 Å². The molecule has 7 nitrogen and oxygen atoms in total. The van der Waals surface area contributed by atoms with Crippen molar-refractivity contribution in [3.05, 3.63) is 42.0 Å². The van der Waals surface area contributed by atoms with Crippen LogP contribution in [0, 0.1) is 0 Å². The average Bonchev–Trinajstić information content (AvgIpc) is 3.19. The summed E-state index contributed by atoms with van der Waals surface area (Å²) in [5, 5.41) is 0.683. The van der Waals surface area contributed by atoms with Gasteiger partial charge in [0, 0.05) is 12.1 Å². The number of benzene rings is 2. The summed E-state index contributed by atoms with van der Waals surface area (Å²) in [4.78, 5) is 22.1. The third kappa shape index (κ3) is 5.43. The molecule has 0 N–H and O–H groups in total. The first-order valence-corrected chi connectivity index (χ1v) is 11.3. The topological polar surface area (TPSA) is 64.1 Å². The second kappa shape index (κ2) is 10.8. The third-order valence-corrected chi connectivity index (χ3v) is 5.95. The predicted molar refractivity (Wildman–Crippen MR) is 130 cm³/mol. The van der Waals surface area contributed by atoms with E-state index in [0.717, 1.165) is 28.9 Å². The highest BCUT2D eigenvalue weighted by Gasteiger charge is 2.23. The van der Waals surface area contributed by atoms with Gasteiger partial charge in [0.2, 0.25) is 0 Å². The smallest absolute Gasteiger partial charge is 0.260 e. The highest BCUT2D eigenvalue weighted by Crippen LogP contribution is 2.34. The van der Waals surface area contributed by atoms with Gasteiger partial charge in [-0.05, 0) is 70.4 Å². The van der Waals surface area contributed by atoms with Crippen LogP contribution in [0.5, 0.6) is 17.2 Å². The maximum atomic E-state index is 13.5. The molecule has 4 rings (SSSR count). The lowest BCUT2D eigenvalue weighted by Crippen LogP contribution is -2.33. The van der Waals surface area contributed by atoms with Crippen LogP contribution in [0.15, 0.2) is 36.4 Å². The fourth-order valence-electron chi connectivity index (χ4n) is 3.43. The molecule has 0 unspecified atom stereocenters. The highest BCUT2D eigenvalue weighted by molar-refractivity contribution is 7.22. The van der Waals surface area contributed by atoms with E-state index < -0.39 is 0 Å². The number of hydrogen-bond donors (Lipinski definition) is 0. The number of aromatic nitrogens is 1. The van der Waals surface area contributed by atoms with Crippen molar-refractivity contribution in [3.63, 3.8) is 0 Å². The molecule has 1 aliphatic rings. The Morgan fingerprint density at radius 1 is 1.09 bits per heavy atom. The number of ether oxygens (including phenoxy) is 3. The molecule has 0 bridgehead atoms. The van der Waals surface area contributed by atoms with Crippen molar-refractivity contribution in [2.75, 3.05) is 51.9 Å². The van der Waals surface area contributed by atoms with Gasteiger partial charge in [0.1, 0.15) is 19.0 Å². The second-order valence-corrected chi connectivity index (χ2v) is 8.54. The van der Waals surface area contributed by atoms with Crippen LogP contribution in [-0.2, 0) is 0 Å². The lowest BCUT2D eigenvalue weighted by molar-refractivity contribution is 0.0984. The van der Waals surface area contributed by atoms with Crippen LogP contribution >= 0.6 is 23.7 Å². The van der Waals surface area contributed by atoms with E-state index in [1.165, 1.54) is 11.3 Å². The normalized spacial score (nSPS) is 12.5. The lowest BCUT2D eigenvalue weighted by atomic mass is 10.1. The molecule has 9 heteroatoms. The molecule has 0 fully saturated rings. The fourth-order valence-corrected chi connectivity index (χ4v) is 4.44. The second-order valence-electron chi connectivity index (χ2n) is 7.53. The molecule has 0 radical (unpaired) electrons. The maximum absolute atomic E-state index is 13.5. The van der Waals surface area contributed by atoms with Crippen LogP contribution in [0.4, 0.5) is 5.13 Å². The summed E-state index contributed by atoms with van der Waals surface area (Å²) in [6.07, 6.45) is 0.837. The molecule has 32 heavy (non-hydrogen) atoms. The standard InChI is InChI=1S/C23H27N3O4S.ClH/c1-4-28-17-7-8-18-21(15-17)31-23(24-18)26(11-5-10-25(2)3)22(27)16-6-9-19-20(14-16)30-13-12-29-19;/h6-9,14-15H,4-5,10-13H2,1-3H3;1H. The lowest BCUT2D eigenvalue weighted by Gasteiger charge is -2.23. The Bertz CT molecular complexity index is 1070. The van der Waals surface area contributed by atoms with Crippen molar-refractivity contribution in [1.82, 2.24) is 9.88 Å². The molecule has 2 aromatic carbocycles. The Kier molecular flexibility index (Phi) is 8.17. The molecular formula is C23H28ClN3O4S. The average molecular weight is 478 g/mol. The van der Waals surface area contributed by atoms with E-state index in [9.17, 15) is 4.79 Å². The minimum absolute atomic E-state index is 0. The number of fused-ring (bicyclic) bond motifs is 2. The molecule has 0 aliphatic carbocycles. The van der Waals surface area contributed by atoms with Crippen LogP contribution in [0.2, 0.25) is 0 Å². The van der Waals surface area contributed by atoms with Gasteiger partial charge < -0.3 is 19.1 Å². The van der Waals surface area contributed by atoms with Gasteiger partial charge in [0.15, 0.2) is 16.6 Å². The molecule has 0 saturated carbocycles. The minimum Gasteiger partial charge on any atom is -0.494 e. The van der Waals surface area contributed by atoms with Crippen LogP contribution in [0.3, 0.4) is 0 Å². The van der Waals surface area contributed by atoms with E-state index in [0.29, 0.717) is 48.6 Å². The van der Waals surface area contributed by atoms with E-state index in [-0.39, 0.29) is 18.3 Å². The summed E-state index contributed by atoms with van der Waals surface area (Å²) < 4.78 is 17.9. The van der Waals surface area contributed by atoms with Gasteiger partial charge in [-0.1, -0.05) is 11.3 Å². The Morgan fingerprint density at radius 2 is 1.88 bits per heavy atom. The summed E-state index contributed by atoms with van der Waals surface area (Å²) in [5.74, 6) is 1.99. The minimum atomic E-state index is -0.0974. The van der Waals surface area contributed by atoms with E-state index in [1.807, 2.05) is 39.2 Å². The van der Waals surface area contributed by atoms with Gasteiger partial charge in [0.25, 0.3) is 5.91 Å². The largest absolute Gasteiger partial charge is 0.494 e. The van der Waals surface area contributed by atoms with E-state index in [1.54, 1.807) is 23.1 Å². The van der Waals surface area contributed by atoms with Crippen molar-refractivity contribution in [3.8, 4) is 17.2 Å². The van der Waals surface area contributed by atoms with Crippen molar-refractivity contribution in [2.45, 2.75) is 13.3 Å². The zero-order valence-electron chi connectivity index (χ0n) is 18.5. The number of rotatable bonds is 8. The van der Waals surface area contributed by atoms with E-state index in [4.69, 9.17) is 19.2 Å². The maximum Gasteiger partial charge on any atom is 0.260 e. The number of halogens is 1. The van der Waals surface area contributed by atoms with Crippen LogP contribution in [0.1, 0.15) is 23.7 Å². The quantitative estimate of drug-likeness (QED) is 0.476. The fraction of sp³-hybridized carbons (Fsp3) is 0.391. The van der Waals surface area contributed by atoms with Crippen molar-refractivity contribution in [1.29, 1.82) is 0 Å². The number of carbonyl (C=O) groups is 1. The molecule has 0 saturated heterocycles. The molecule has 1 aliphatic heterocycles. The summed E-state index contributed by atoms with van der Waals surface area (Å²) in [7, 11) is 4.06. The molecule has 172 valence electrons. The number of amides is 1. The van der Waals surface area contributed by atoms with Gasteiger partial charge in [-0.25, -0.2) is 4.98 Å². The molecule has 1 aromatic heterocycles. The number of anilines is 1. The summed E-state index contributed by atoms with van der Waals surface area (Å²) in [6.45, 7) is 5.02. The van der Waals surface area contributed by atoms with Gasteiger partial charge in [0.05, 0.1) is 16.8 Å². The Hall–Kier alpha value is -2.55. The predicted octanol–water partition coefficient (Wildman–Crippen LogP) is 4.49.